The molecule has 1 fully saturated rings. The van der Waals surface area contributed by atoms with Crippen LogP contribution in [0.4, 0.5) is 10.1 Å². The largest absolute Gasteiger partial charge is 0.495 e. The summed E-state index contributed by atoms with van der Waals surface area (Å²) in [6, 6.07) is 8.33. The Kier molecular flexibility index (Phi) is 7.44. The van der Waals surface area contributed by atoms with E-state index in [1.165, 1.54) is 37.6 Å². The van der Waals surface area contributed by atoms with Gasteiger partial charge in [-0.15, -0.1) is 0 Å². The van der Waals surface area contributed by atoms with E-state index in [4.69, 9.17) is 16.3 Å². The topological polar surface area (TPSA) is 105 Å². The zero-order valence-corrected chi connectivity index (χ0v) is 18.1. The van der Waals surface area contributed by atoms with Crippen molar-refractivity contribution in [2.24, 2.45) is 0 Å². The molecule has 0 amide bonds. The molecule has 1 aliphatic heterocycles. The van der Waals surface area contributed by atoms with Crippen LogP contribution < -0.4 is 10.1 Å². The molecule has 0 unspecified atom stereocenters. The summed E-state index contributed by atoms with van der Waals surface area (Å²) < 4.78 is 18.4. The van der Waals surface area contributed by atoms with Crippen molar-refractivity contribution in [2.75, 3.05) is 33.4 Å². The molecule has 32 heavy (non-hydrogen) atoms. The lowest BCUT2D eigenvalue weighted by Crippen LogP contribution is -2.62. The van der Waals surface area contributed by atoms with E-state index < -0.39 is 21.9 Å². The molecular formula is C22H23ClFN3O5. The van der Waals surface area contributed by atoms with Gasteiger partial charge in [0.15, 0.2) is 5.78 Å². The number of methoxy groups -OCH3 is 1. The number of hydrogen-bond donors (Lipinski definition) is 2. The first-order valence-corrected chi connectivity index (χ1v) is 10.2. The van der Waals surface area contributed by atoms with E-state index in [9.17, 15) is 24.4 Å². The highest BCUT2D eigenvalue weighted by atomic mass is 35.5. The first-order valence-electron chi connectivity index (χ1n) is 9.87. The highest BCUT2D eigenvalue weighted by molar-refractivity contribution is 6.32. The minimum atomic E-state index is -0.767. The molecule has 1 atom stereocenters. The van der Waals surface area contributed by atoms with Crippen LogP contribution in [-0.2, 0) is 6.42 Å². The summed E-state index contributed by atoms with van der Waals surface area (Å²) in [5.41, 5.74) is -0.524. The standard InChI is InChI=1S/C22H23ClFN3O5/c1-32-21-10-17(19(27(30)31)11-18(21)23)20(29)6-8-26-9-7-25-13-22(26,14-28)12-15-2-4-16(24)5-3-15/h2-6,8,10-11,25,28H,7,9,12-14H2,1H3/t22-/m0/s1. The number of halogens is 2. The maximum absolute atomic E-state index is 13.3. The van der Waals surface area contributed by atoms with Crippen molar-refractivity contribution in [1.82, 2.24) is 10.2 Å². The van der Waals surface area contributed by atoms with Gasteiger partial charge in [-0.25, -0.2) is 4.39 Å². The third kappa shape index (κ3) is 5.07. The van der Waals surface area contributed by atoms with Crippen LogP contribution in [0.5, 0.6) is 5.75 Å². The van der Waals surface area contributed by atoms with E-state index in [-0.39, 0.29) is 28.8 Å². The van der Waals surface area contributed by atoms with E-state index in [1.807, 2.05) is 4.90 Å². The lowest BCUT2D eigenvalue weighted by Gasteiger charge is -2.46. The van der Waals surface area contributed by atoms with Crippen LogP contribution in [0.1, 0.15) is 15.9 Å². The van der Waals surface area contributed by atoms with E-state index in [2.05, 4.69) is 5.32 Å². The lowest BCUT2D eigenvalue weighted by atomic mass is 9.88. The predicted molar refractivity (Wildman–Crippen MR) is 118 cm³/mol. The fourth-order valence-electron chi connectivity index (χ4n) is 3.74. The van der Waals surface area contributed by atoms with Gasteiger partial charge in [-0.05, 0) is 30.2 Å². The molecule has 0 radical (unpaired) electrons. The summed E-state index contributed by atoms with van der Waals surface area (Å²) in [7, 11) is 1.35. The van der Waals surface area contributed by atoms with Gasteiger partial charge in [0.2, 0.25) is 0 Å². The number of nitrogens with zero attached hydrogens (tertiary/aromatic N) is 2. The van der Waals surface area contributed by atoms with Gasteiger partial charge in [0, 0.05) is 38.0 Å². The summed E-state index contributed by atoms with van der Waals surface area (Å²) in [5, 5.41) is 24.9. The SMILES string of the molecule is COc1cc(C(=O)C=CN2CCNC[C@]2(CO)Cc2ccc(F)cc2)c([N+](=O)[O-])cc1Cl. The van der Waals surface area contributed by atoms with Crippen molar-refractivity contribution < 1.29 is 24.0 Å². The van der Waals surface area contributed by atoms with Gasteiger partial charge < -0.3 is 20.1 Å². The second-order valence-corrected chi connectivity index (χ2v) is 7.90. The first-order chi connectivity index (χ1) is 15.3. The second-order valence-electron chi connectivity index (χ2n) is 7.50. The van der Waals surface area contributed by atoms with Gasteiger partial charge in [0.05, 0.1) is 29.2 Å². The van der Waals surface area contributed by atoms with Crippen molar-refractivity contribution in [3.05, 3.63) is 80.8 Å². The second kappa shape index (κ2) is 10.1. The molecule has 8 nitrogen and oxygen atoms in total. The summed E-state index contributed by atoms with van der Waals surface area (Å²) >= 11 is 5.97. The molecule has 0 aliphatic carbocycles. The number of benzene rings is 2. The number of aliphatic hydroxyl groups is 1. The molecule has 0 aromatic heterocycles. The fraction of sp³-hybridized carbons (Fsp3) is 0.318. The van der Waals surface area contributed by atoms with Crippen LogP contribution in [0.2, 0.25) is 5.02 Å². The van der Waals surface area contributed by atoms with Crippen molar-refractivity contribution in [3.8, 4) is 5.75 Å². The van der Waals surface area contributed by atoms with Crippen LogP contribution >= 0.6 is 11.6 Å². The Morgan fingerprint density at radius 1 is 1.41 bits per heavy atom. The summed E-state index contributed by atoms with van der Waals surface area (Å²) in [6.07, 6.45) is 3.17. The monoisotopic (exact) mass is 463 g/mol. The molecule has 3 rings (SSSR count). The highest BCUT2D eigenvalue weighted by Crippen LogP contribution is 2.33. The number of ketones is 1. The van der Waals surface area contributed by atoms with Crippen LogP contribution in [0.15, 0.2) is 48.7 Å². The molecule has 1 aliphatic rings. The third-order valence-electron chi connectivity index (χ3n) is 5.47. The van der Waals surface area contributed by atoms with Gasteiger partial charge in [-0.1, -0.05) is 23.7 Å². The number of nitro groups is 1. The average Bonchev–Trinajstić information content (AvgIpc) is 2.79. The number of carbonyl (C=O) groups excluding carboxylic acids is 1. The van der Waals surface area contributed by atoms with Crippen LogP contribution in [0.3, 0.4) is 0 Å². The highest BCUT2D eigenvalue weighted by Gasteiger charge is 2.37. The van der Waals surface area contributed by atoms with E-state index in [0.29, 0.717) is 26.1 Å². The zero-order chi connectivity index (χ0) is 23.3. The van der Waals surface area contributed by atoms with Gasteiger partial charge in [-0.3, -0.25) is 14.9 Å². The summed E-state index contributed by atoms with van der Waals surface area (Å²) in [6.45, 7) is 1.34. The smallest absolute Gasteiger partial charge is 0.282 e. The molecule has 2 N–H and O–H groups in total. The number of hydrogen-bond acceptors (Lipinski definition) is 7. The lowest BCUT2D eigenvalue weighted by molar-refractivity contribution is -0.385. The van der Waals surface area contributed by atoms with E-state index >= 15 is 0 Å². The minimum Gasteiger partial charge on any atom is -0.495 e. The zero-order valence-electron chi connectivity index (χ0n) is 17.4. The molecule has 2 aromatic carbocycles. The molecule has 1 saturated heterocycles. The third-order valence-corrected chi connectivity index (χ3v) is 5.77. The molecular weight excluding hydrogens is 441 g/mol. The summed E-state index contributed by atoms with van der Waals surface area (Å²) in [5.74, 6) is -0.799. The normalized spacial score (nSPS) is 18.7. The Bertz CT molecular complexity index is 1030. The van der Waals surface area contributed by atoms with Gasteiger partial charge in [0.25, 0.3) is 5.69 Å². The van der Waals surface area contributed by atoms with Crippen molar-refractivity contribution >= 4 is 23.1 Å². The molecule has 2 aromatic rings. The molecule has 0 spiro atoms. The molecule has 170 valence electrons. The van der Waals surface area contributed by atoms with Crippen LogP contribution in [-0.4, -0.2) is 59.6 Å². The quantitative estimate of drug-likeness (QED) is 0.268. The predicted octanol–water partition coefficient (Wildman–Crippen LogP) is 2.97. The number of rotatable bonds is 8. The molecule has 1 heterocycles. The Hall–Kier alpha value is -3.01. The Labute approximate surface area is 189 Å². The number of ether oxygens (including phenoxy) is 1. The van der Waals surface area contributed by atoms with Crippen molar-refractivity contribution in [3.63, 3.8) is 0 Å². The maximum atomic E-state index is 13.3. The number of aliphatic hydroxyl groups excluding tert-OH is 1. The van der Waals surface area contributed by atoms with Crippen LogP contribution in [0.25, 0.3) is 0 Å². The van der Waals surface area contributed by atoms with Crippen molar-refractivity contribution in [2.45, 2.75) is 12.0 Å². The van der Waals surface area contributed by atoms with E-state index in [1.54, 1.807) is 12.1 Å². The number of allylic oxidation sites excluding steroid dienone is 1. The van der Waals surface area contributed by atoms with Gasteiger partial charge >= 0.3 is 0 Å². The Morgan fingerprint density at radius 2 is 2.12 bits per heavy atom. The van der Waals surface area contributed by atoms with Gasteiger partial charge in [-0.2, -0.15) is 0 Å². The molecule has 0 saturated carbocycles. The van der Waals surface area contributed by atoms with Crippen molar-refractivity contribution in [1.29, 1.82) is 0 Å². The number of nitrogens with one attached hydrogen (secondary N) is 1. The Morgan fingerprint density at radius 3 is 2.75 bits per heavy atom. The fourth-order valence-corrected chi connectivity index (χ4v) is 3.97. The number of piperazine rings is 1. The molecule has 0 bridgehead atoms. The summed E-state index contributed by atoms with van der Waals surface area (Å²) in [4.78, 5) is 25.4. The number of carbonyl (C=O) groups is 1. The van der Waals surface area contributed by atoms with Gasteiger partial charge in [0.1, 0.15) is 17.1 Å². The van der Waals surface area contributed by atoms with E-state index in [0.717, 1.165) is 11.6 Å². The first kappa shape index (κ1) is 23.6. The Balaban J connectivity index is 1.89. The number of nitro benzene ring substituents is 1. The molecule has 10 heteroatoms. The average molecular weight is 464 g/mol. The maximum Gasteiger partial charge on any atom is 0.282 e. The minimum absolute atomic E-state index is 0.0282. The van der Waals surface area contributed by atoms with Crippen LogP contribution in [0, 0.1) is 15.9 Å².